The van der Waals surface area contributed by atoms with Gasteiger partial charge in [0.2, 0.25) is 5.91 Å². The molecule has 0 bridgehead atoms. The highest BCUT2D eigenvalue weighted by Gasteiger charge is 2.02. The molecule has 0 atom stereocenters. The van der Waals surface area contributed by atoms with Gasteiger partial charge in [-0.1, -0.05) is 40.2 Å². The molecule has 0 aliphatic heterocycles. The van der Waals surface area contributed by atoms with Crippen molar-refractivity contribution in [1.29, 1.82) is 0 Å². The summed E-state index contributed by atoms with van der Waals surface area (Å²) in [6.07, 6.45) is 0. The number of aryl methyl sites for hydroxylation is 1. The van der Waals surface area contributed by atoms with Crippen LogP contribution in [-0.2, 0) is 13.1 Å². The van der Waals surface area contributed by atoms with Gasteiger partial charge in [-0.15, -0.1) is 0 Å². The quantitative estimate of drug-likeness (QED) is 0.883. The Morgan fingerprint density at radius 3 is 2.50 bits per heavy atom. The number of nitrogens with two attached hydrogens (primary N) is 1. The Balaban J connectivity index is 1.94. The SMILES string of the molecule is Cc1ccc(CNCc2cccc(C(N)=O)c2)cc1Br. The Labute approximate surface area is 127 Å². The Morgan fingerprint density at radius 1 is 1.15 bits per heavy atom. The average molecular weight is 333 g/mol. The standard InChI is InChI=1S/C16H17BrN2O/c1-11-5-6-13(8-15(11)17)10-19-9-12-3-2-4-14(7-12)16(18)20/h2-8,19H,9-10H2,1H3,(H2,18,20). The van der Waals surface area contributed by atoms with E-state index in [4.69, 9.17) is 5.73 Å². The summed E-state index contributed by atoms with van der Waals surface area (Å²) < 4.78 is 1.12. The van der Waals surface area contributed by atoms with Crippen LogP contribution in [0.3, 0.4) is 0 Å². The van der Waals surface area contributed by atoms with Crippen molar-refractivity contribution < 1.29 is 4.79 Å². The molecule has 0 fully saturated rings. The van der Waals surface area contributed by atoms with Crippen LogP contribution >= 0.6 is 15.9 Å². The molecule has 3 N–H and O–H groups in total. The average Bonchev–Trinajstić information content (AvgIpc) is 2.43. The predicted octanol–water partition coefficient (Wildman–Crippen LogP) is 3.15. The number of hydrogen-bond acceptors (Lipinski definition) is 2. The second-order valence-electron chi connectivity index (χ2n) is 4.75. The molecule has 2 rings (SSSR count). The molecule has 2 aromatic rings. The van der Waals surface area contributed by atoms with Gasteiger partial charge in [0.1, 0.15) is 0 Å². The topological polar surface area (TPSA) is 55.1 Å². The molecule has 0 spiro atoms. The molecule has 2 aromatic carbocycles. The summed E-state index contributed by atoms with van der Waals surface area (Å²) in [5.74, 6) is -0.394. The van der Waals surface area contributed by atoms with Crippen LogP contribution in [0.5, 0.6) is 0 Å². The van der Waals surface area contributed by atoms with E-state index in [-0.39, 0.29) is 0 Å². The zero-order valence-electron chi connectivity index (χ0n) is 11.3. The highest BCUT2D eigenvalue weighted by atomic mass is 79.9. The van der Waals surface area contributed by atoms with Gasteiger partial charge >= 0.3 is 0 Å². The van der Waals surface area contributed by atoms with E-state index in [2.05, 4.69) is 46.4 Å². The lowest BCUT2D eigenvalue weighted by atomic mass is 10.1. The van der Waals surface area contributed by atoms with E-state index in [1.165, 1.54) is 11.1 Å². The third kappa shape index (κ3) is 3.92. The molecule has 0 unspecified atom stereocenters. The fourth-order valence-corrected chi connectivity index (χ4v) is 2.36. The van der Waals surface area contributed by atoms with E-state index in [0.717, 1.165) is 16.6 Å². The predicted molar refractivity (Wildman–Crippen MR) is 84.4 cm³/mol. The second-order valence-corrected chi connectivity index (χ2v) is 5.61. The number of rotatable bonds is 5. The zero-order valence-corrected chi connectivity index (χ0v) is 12.9. The number of hydrogen-bond donors (Lipinski definition) is 2. The monoisotopic (exact) mass is 332 g/mol. The second kappa shape index (κ2) is 6.68. The van der Waals surface area contributed by atoms with E-state index in [1.54, 1.807) is 6.07 Å². The molecule has 0 aromatic heterocycles. The Bertz CT molecular complexity index is 626. The first-order valence-electron chi connectivity index (χ1n) is 6.41. The highest BCUT2D eigenvalue weighted by molar-refractivity contribution is 9.10. The molecule has 0 aliphatic rings. The van der Waals surface area contributed by atoms with Gasteiger partial charge in [-0.2, -0.15) is 0 Å². The van der Waals surface area contributed by atoms with Crippen molar-refractivity contribution in [3.8, 4) is 0 Å². The maximum Gasteiger partial charge on any atom is 0.248 e. The Kier molecular flexibility index (Phi) is 4.93. The van der Waals surface area contributed by atoms with Gasteiger partial charge in [0, 0.05) is 23.1 Å². The molecule has 1 amide bonds. The van der Waals surface area contributed by atoms with Crippen LogP contribution in [0.1, 0.15) is 27.0 Å². The van der Waals surface area contributed by atoms with Gasteiger partial charge in [-0.3, -0.25) is 4.79 Å². The van der Waals surface area contributed by atoms with E-state index < -0.39 is 5.91 Å². The third-order valence-electron chi connectivity index (χ3n) is 3.11. The smallest absolute Gasteiger partial charge is 0.248 e. The Hall–Kier alpha value is -1.65. The lowest BCUT2D eigenvalue weighted by Crippen LogP contribution is -2.15. The fourth-order valence-electron chi connectivity index (χ4n) is 1.93. The first-order chi connectivity index (χ1) is 9.56. The molecule has 0 aliphatic carbocycles. The fraction of sp³-hybridized carbons (Fsp3) is 0.188. The third-order valence-corrected chi connectivity index (χ3v) is 3.96. The molecule has 104 valence electrons. The summed E-state index contributed by atoms with van der Waals surface area (Å²) >= 11 is 3.53. The van der Waals surface area contributed by atoms with Gasteiger partial charge in [0.25, 0.3) is 0 Å². The summed E-state index contributed by atoms with van der Waals surface area (Å²) in [6, 6.07) is 13.7. The van der Waals surface area contributed by atoms with E-state index in [9.17, 15) is 4.79 Å². The van der Waals surface area contributed by atoms with Crippen molar-refractivity contribution >= 4 is 21.8 Å². The van der Waals surface area contributed by atoms with Crippen LogP contribution in [0.25, 0.3) is 0 Å². The number of carbonyl (C=O) groups is 1. The minimum absolute atomic E-state index is 0.394. The maximum absolute atomic E-state index is 11.1. The molecular formula is C16H17BrN2O. The number of amides is 1. The van der Waals surface area contributed by atoms with Crippen molar-refractivity contribution in [3.05, 3.63) is 69.2 Å². The molecular weight excluding hydrogens is 316 g/mol. The lowest BCUT2D eigenvalue weighted by molar-refractivity contribution is 0.1000. The van der Waals surface area contributed by atoms with Crippen LogP contribution in [0, 0.1) is 6.92 Å². The zero-order chi connectivity index (χ0) is 14.5. The van der Waals surface area contributed by atoms with E-state index in [1.807, 2.05) is 18.2 Å². The minimum atomic E-state index is -0.394. The van der Waals surface area contributed by atoms with Crippen LogP contribution in [-0.4, -0.2) is 5.91 Å². The summed E-state index contributed by atoms with van der Waals surface area (Å²) in [5.41, 5.74) is 9.30. The normalized spacial score (nSPS) is 10.5. The maximum atomic E-state index is 11.1. The summed E-state index contributed by atoms with van der Waals surface area (Å²) in [4.78, 5) is 11.1. The largest absolute Gasteiger partial charge is 0.366 e. The van der Waals surface area contributed by atoms with E-state index >= 15 is 0 Å². The first kappa shape index (κ1) is 14.8. The van der Waals surface area contributed by atoms with Gasteiger partial charge in [-0.25, -0.2) is 0 Å². The molecule has 3 nitrogen and oxygen atoms in total. The molecule has 20 heavy (non-hydrogen) atoms. The highest BCUT2D eigenvalue weighted by Crippen LogP contribution is 2.17. The summed E-state index contributed by atoms with van der Waals surface area (Å²) in [7, 11) is 0. The van der Waals surface area contributed by atoms with Crippen LogP contribution < -0.4 is 11.1 Å². The molecule has 0 heterocycles. The number of halogens is 1. The number of nitrogens with one attached hydrogen (secondary N) is 1. The van der Waals surface area contributed by atoms with Crippen LogP contribution in [0.15, 0.2) is 46.9 Å². The van der Waals surface area contributed by atoms with Crippen LogP contribution in [0.2, 0.25) is 0 Å². The molecule has 0 saturated heterocycles. The first-order valence-corrected chi connectivity index (χ1v) is 7.20. The summed E-state index contributed by atoms with van der Waals surface area (Å²) in [5, 5.41) is 3.36. The summed E-state index contributed by atoms with van der Waals surface area (Å²) in [6.45, 7) is 3.54. The number of carbonyl (C=O) groups excluding carboxylic acids is 1. The Morgan fingerprint density at radius 2 is 1.85 bits per heavy atom. The van der Waals surface area contributed by atoms with Gasteiger partial charge in [0.05, 0.1) is 0 Å². The van der Waals surface area contributed by atoms with Crippen molar-refractivity contribution in [3.63, 3.8) is 0 Å². The lowest BCUT2D eigenvalue weighted by Gasteiger charge is -2.07. The van der Waals surface area contributed by atoms with Crippen molar-refractivity contribution in [2.24, 2.45) is 5.73 Å². The van der Waals surface area contributed by atoms with Gasteiger partial charge in [-0.05, 0) is 41.8 Å². The van der Waals surface area contributed by atoms with Crippen molar-refractivity contribution in [2.45, 2.75) is 20.0 Å². The molecule has 4 heteroatoms. The van der Waals surface area contributed by atoms with E-state index in [0.29, 0.717) is 12.1 Å². The van der Waals surface area contributed by atoms with Crippen LogP contribution in [0.4, 0.5) is 0 Å². The van der Waals surface area contributed by atoms with Crippen molar-refractivity contribution in [1.82, 2.24) is 5.32 Å². The van der Waals surface area contributed by atoms with Crippen molar-refractivity contribution in [2.75, 3.05) is 0 Å². The van der Waals surface area contributed by atoms with Gasteiger partial charge in [0.15, 0.2) is 0 Å². The number of benzene rings is 2. The number of primary amides is 1. The molecule has 0 radical (unpaired) electrons. The molecule has 0 saturated carbocycles. The van der Waals surface area contributed by atoms with Gasteiger partial charge < -0.3 is 11.1 Å². The minimum Gasteiger partial charge on any atom is -0.366 e.